The topological polar surface area (TPSA) is 77.6 Å². The number of amides is 1. The quantitative estimate of drug-likeness (QED) is 0.509. The summed E-state index contributed by atoms with van der Waals surface area (Å²) in [6, 6.07) is 6.22. The Labute approximate surface area is 191 Å². The Morgan fingerprint density at radius 2 is 1.94 bits per heavy atom. The highest BCUT2D eigenvalue weighted by Crippen LogP contribution is 2.42. The van der Waals surface area contributed by atoms with Crippen molar-refractivity contribution in [2.75, 3.05) is 5.32 Å². The van der Waals surface area contributed by atoms with E-state index < -0.39 is 23.7 Å². The number of hydrogen-bond acceptors (Lipinski definition) is 4. The van der Waals surface area contributed by atoms with Crippen molar-refractivity contribution in [2.24, 2.45) is 5.92 Å². The van der Waals surface area contributed by atoms with E-state index >= 15 is 0 Å². The molecule has 0 saturated heterocycles. The van der Waals surface area contributed by atoms with E-state index in [1.54, 1.807) is 25.1 Å². The molecule has 7 nitrogen and oxygen atoms in total. The minimum atomic E-state index is -4.53. The molecule has 1 aromatic carbocycles. The van der Waals surface area contributed by atoms with Crippen LogP contribution < -0.4 is 5.32 Å². The van der Waals surface area contributed by atoms with Gasteiger partial charge in [-0.2, -0.15) is 18.3 Å². The number of aromatic nitrogens is 5. The zero-order chi connectivity index (χ0) is 23.0. The van der Waals surface area contributed by atoms with Gasteiger partial charge in [-0.3, -0.25) is 14.8 Å². The number of benzene rings is 1. The molecular formula is C20H19Cl2F3N6O. The third kappa shape index (κ3) is 5.07. The van der Waals surface area contributed by atoms with Crippen LogP contribution in [-0.4, -0.2) is 30.5 Å². The van der Waals surface area contributed by atoms with Gasteiger partial charge in [0.05, 0.1) is 19.0 Å². The van der Waals surface area contributed by atoms with Crippen molar-refractivity contribution in [1.29, 1.82) is 0 Å². The SMILES string of the molecule is CC(Cn1nc(C(F)(F)F)cc1C1CC1)C(=O)Nc1ncn(Cc2c(Cl)cccc2Cl)n1. The van der Waals surface area contributed by atoms with Crippen LogP contribution >= 0.6 is 23.2 Å². The summed E-state index contributed by atoms with van der Waals surface area (Å²) in [5, 5.41) is 11.4. The fourth-order valence-corrected chi connectivity index (χ4v) is 3.79. The second-order valence-corrected chi connectivity index (χ2v) is 8.58. The van der Waals surface area contributed by atoms with E-state index in [4.69, 9.17) is 23.2 Å². The van der Waals surface area contributed by atoms with Crippen molar-refractivity contribution >= 4 is 35.1 Å². The van der Waals surface area contributed by atoms with Crippen LogP contribution in [0, 0.1) is 5.92 Å². The normalized spacial score (nSPS) is 15.1. The molecule has 0 radical (unpaired) electrons. The van der Waals surface area contributed by atoms with Crippen LogP contribution in [-0.2, 0) is 24.1 Å². The molecule has 1 aliphatic carbocycles. The van der Waals surface area contributed by atoms with Gasteiger partial charge >= 0.3 is 6.18 Å². The maximum atomic E-state index is 13.1. The highest BCUT2D eigenvalue weighted by molar-refractivity contribution is 6.35. The highest BCUT2D eigenvalue weighted by Gasteiger charge is 2.38. The molecule has 0 aliphatic heterocycles. The number of carbonyl (C=O) groups is 1. The van der Waals surface area contributed by atoms with E-state index in [-0.39, 0.29) is 25.0 Å². The summed E-state index contributed by atoms with van der Waals surface area (Å²) >= 11 is 12.3. The van der Waals surface area contributed by atoms with Gasteiger partial charge in [0.25, 0.3) is 0 Å². The zero-order valence-electron chi connectivity index (χ0n) is 16.9. The molecule has 32 heavy (non-hydrogen) atoms. The summed E-state index contributed by atoms with van der Waals surface area (Å²) in [5.41, 5.74) is 0.236. The largest absolute Gasteiger partial charge is 0.435 e. The predicted octanol–water partition coefficient (Wildman–Crippen LogP) is 5.00. The Bertz CT molecular complexity index is 1120. The van der Waals surface area contributed by atoms with Crippen molar-refractivity contribution in [2.45, 2.75) is 44.9 Å². The molecule has 1 unspecified atom stereocenters. The average Bonchev–Trinajstić information content (AvgIpc) is 3.31. The van der Waals surface area contributed by atoms with Crippen molar-refractivity contribution in [3.05, 3.63) is 57.6 Å². The van der Waals surface area contributed by atoms with Crippen LogP contribution in [0.4, 0.5) is 19.1 Å². The molecule has 4 rings (SSSR count). The van der Waals surface area contributed by atoms with Gasteiger partial charge < -0.3 is 0 Å². The third-order valence-electron chi connectivity index (χ3n) is 5.14. The molecule has 1 saturated carbocycles. The summed E-state index contributed by atoms with van der Waals surface area (Å²) in [4.78, 5) is 16.6. The van der Waals surface area contributed by atoms with Gasteiger partial charge in [0.15, 0.2) is 5.69 Å². The number of hydrogen-bond donors (Lipinski definition) is 1. The second-order valence-electron chi connectivity index (χ2n) is 7.76. The predicted molar refractivity (Wildman–Crippen MR) is 113 cm³/mol. The number of halogens is 5. The summed E-state index contributed by atoms with van der Waals surface area (Å²) in [6.07, 6.45) is -1.46. The van der Waals surface area contributed by atoms with Crippen LogP contribution in [0.2, 0.25) is 10.0 Å². The molecule has 0 bridgehead atoms. The summed E-state index contributed by atoms with van der Waals surface area (Å²) in [7, 11) is 0. The summed E-state index contributed by atoms with van der Waals surface area (Å²) in [5.74, 6) is -0.950. The number of nitrogens with zero attached hydrogens (tertiary/aromatic N) is 5. The maximum absolute atomic E-state index is 13.1. The standard InChI is InChI=1S/C20H19Cl2F3N6O/c1-11(8-31-16(12-5-6-12)7-17(28-31)20(23,24)25)18(32)27-19-26-10-30(29-19)9-13-14(21)3-2-4-15(13)22/h2-4,7,10-12H,5-6,8-9H2,1H3,(H,27,29,32). The smallest absolute Gasteiger partial charge is 0.293 e. The van der Waals surface area contributed by atoms with Crippen LogP contribution in [0.1, 0.15) is 42.6 Å². The minimum absolute atomic E-state index is 0.0175. The molecule has 1 aliphatic rings. The van der Waals surface area contributed by atoms with Gasteiger partial charge in [-0.25, -0.2) is 9.67 Å². The van der Waals surface area contributed by atoms with Crippen LogP contribution in [0.5, 0.6) is 0 Å². The van der Waals surface area contributed by atoms with E-state index in [1.807, 2.05) is 0 Å². The molecule has 1 fully saturated rings. The number of rotatable bonds is 7. The first-order chi connectivity index (χ1) is 15.1. The van der Waals surface area contributed by atoms with Crippen molar-refractivity contribution in [3.63, 3.8) is 0 Å². The van der Waals surface area contributed by atoms with E-state index in [1.165, 1.54) is 15.7 Å². The Morgan fingerprint density at radius 3 is 2.56 bits per heavy atom. The molecule has 3 aromatic rings. The lowest BCUT2D eigenvalue weighted by molar-refractivity contribution is -0.141. The van der Waals surface area contributed by atoms with Crippen LogP contribution in [0.25, 0.3) is 0 Å². The van der Waals surface area contributed by atoms with Crippen molar-refractivity contribution in [1.82, 2.24) is 24.5 Å². The number of alkyl halides is 3. The van der Waals surface area contributed by atoms with Crippen LogP contribution in [0.3, 0.4) is 0 Å². The van der Waals surface area contributed by atoms with Gasteiger partial charge in [-0.05, 0) is 31.0 Å². The molecule has 0 spiro atoms. The second kappa shape index (κ2) is 8.74. The molecule has 2 heterocycles. The van der Waals surface area contributed by atoms with Gasteiger partial charge in [-0.1, -0.05) is 36.2 Å². The first-order valence-electron chi connectivity index (χ1n) is 9.90. The minimum Gasteiger partial charge on any atom is -0.293 e. The molecule has 1 N–H and O–H groups in total. The molecule has 12 heteroatoms. The summed E-state index contributed by atoms with van der Waals surface area (Å²) < 4.78 is 42.0. The van der Waals surface area contributed by atoms with Gasteiger partial charge in [0, 0.05) is 27.2 Å². The maximum Gasteiger partial charge on any atom is 0.435 e. The van der Waals surface area contributed by atoms with Gasteiger partial charge in [0.2, 0.25) is 11.9 Å². The van der Waals surface area contributed by atoms with Crippen molar-refractivity contribution in [3.8, 4) is 0 Å². The first kappa shape index (κ1) is 22.6. The van der Waals surface area contributed by atoms with E-state index in [9.17, 15) is 18.0 Å². The fraction of sp³-hybridized carbons (Fsp3) is 0.400. The Morgan fingerprint density at radius 1 is 1.25 bits per heavy atom. The van der Waals surface area contributed by atoms with Gasteiger partial charge in [0.1, 0.15) is 6.33 Å². The zero-order valence-corrected chi connectivity index (χ0v) is 18.4. The first-order valence-corrected chi connectivity index (χ1v) is 10.7. The van der Waals surface area contributed by atoms with E-state index in [2.05, 4.69) is 20.5 Å². The number of nitrogens with one attached hydrogen (secondary N) is 1. The molecule has 2 aromatic heterocycles. The Balaban J connectivity index is 1.41. The Kier molecular flexibility index (Phi) is 6.17. The lowest BCUT2D eigenvalue weighted by atomic mass is 10.1. The average molecular weight is 487 g/mol. The van der Waals surface area contributed by atoms with Crippen LogP contribution in [0.15, 0.2) is 30.6 Å². The van der Waals surface area contributed by atoms with Crippen molar-refractivity contribution < 1.29 is 18.0 Å². The third-order valence-corrected chi connectivity index (χ3v) is 5.85. The lowest BCUT2D eigenvalue weighted by Gasteiger charge is -2.13. The molecule has 1 atom stereocenters. The molecule has 1 amide bonds. The highest BCUT2D eigenvalue weighted by atomic mass is 35.5. The number of anilines is 1. The monoisotopic (exact) mass is 486 g/mol. The van der Waals surface area contributed by atoms with E-state index in [0.717, 1.165) is 18.9 Å². The van der Waals surface area contributed by atoms with E-state index in [0.29, 0.717) is 21.3 Å². The van der Waals surface area contributed by atoms with Gasteiger partial charge in [-0.15, -0.1) is 5.10 Å². The summed E-state index contributed by atoms with van der Waals surface area (Å²) in [6.45, 7) is 1.89. The number of carbonyl (C=O) groups excluding carboxylic acids is 1. The molecule has 170 valence electrons. The fourth-order valence-electron chi connectivity index (χ4n) is 3.27. The lowest BCUT2D eigenvalue weighted by Crippen LogP contribution is -2.26. The molecular weight excluding hydrogens is 468 g/mol. The Hall–Kier alpha value is -2.59.